The Kier molecular flexibility index (Phi) is 4.91. The standard InChI is InChI=1S/C16H28N2O/c1-2-4-15(5-3-1)12-17-7-9-18(10-8-17)13-16-6-11-19-14-16/h1-2,15-16H,3-14H2. The van der Waals surface area contributed by atoms with E-state index in [1.807, 2.05) is 0 Å². The molecule has 3 aliphatic rings. The van der Waals surface area contributed by atoms with Crippen LogP contribution in [0.3, 0.4) is 0 Å². The molecule has 2 unspecified atom stereocenters. The van der Waals surface area contributed by atoms with Gasteiger partial charge in [-0.1, -0.05) is 12.2 Å². The van der Waals surface area contributed by atoms with E-state index in [1.54, 1.807) is 0 Å². The average Bonchev–Trinajstić information content (AvgIpc) is 2.95. The van der Waals surface area contributed by atoms with Crippen molar-refractivity contribution in [2.75, 3.05) is 52.5 Å². The number of nitrogens with zero attached hydrogens (tertiary/aromatic N) is 2. The Labute approximate surface area is 117 Å². The van der Waals surface area contributed by atoms with Crippen LogP contribution >= 0.6 is 0 Å². The third-order valence-electron chi connectivity index (χ3n) is 4.90. The first kappa shape index (κ1) is 13.6. The van der Waals surface area contributed by atoms with Crippen molar-refractivity contribution >= 4 is 0 Å². The Morgan fingerprint density at radius 1 is 0.895 bits per heavy atom. The van der Waals surface area contributed by atoms with Crippen molar-refractivity contribution in [1.29, 1.82) is 0 Å². The topological polar surface area (TPSA) is 15.7 Å². The molecule has 0 aromatic rings. The van der Waals surface area contributed by atoms with Gasteiger partial charge < -0.3 is 14.5 Å². The molecule has 19 heavy (non-hydrogen) atoms. The molecule has 2 atom stereocenters. The van der Waals surface area contributed by atoms with Gasteiger partial charge in [0.1, 0.15) is 0 Å². The highest BCUT2D eigenvalue weighted by molar-refractivity contribution is 4.91. The van der Waals surface area contributed by atoms with Crippen molar-refractivity contribution in [3.8, 4) is 0 Å². The van der Waals surface area contributed by atoms with Crippen LogP contribution in [0.2, 0.25) is 0 Å². The van der Waals surface area contributed by atoms with Gasteiger partial charge in [-0.2, -0.15) is 0 Å². The maximum atomic E-state index is 5.48. The largest absolute Gasteiger partial charge is 0.381 e. The Morgan fingerprint density at radius 3 is 2.21 bits per heavy atom. The molecule has 2 aliphatic heterocycles. The van der Waals surface area contributed by atoms with Crippen LogP contribution < -0.4 is 0 Å². The van der Waals surface area contributed by atoms with E-state index in [4.69, 9.17) is 4.74 Å². The molecule has 1 aliphatic carbocycles. The maximum Gasteiger partial charge on any atom is 0.0507 e. The SMILES string of the molecule is C1=CCC(CN2CCN(CC3CCOC3)CC2)CC1. The van der Waals surface area contributed by atoms with Gasteiger partial charge in [0, 0.05) is 45.9 Å². The van der Waals surface area contributed by atoms with Crippen LogP contribution in [-0.2, 0) is 4.74 Å². The number of hydrogen-bond acceptors (Lipinski definition) is 3. The highest BCUT2D eigenvalue weighted by Crippen LogP contribution is 2.20. The van der Waals surface area contributed by atoms with Crippen molar-refractivity contribution in [2.24, 2.45) is 11.8 Å². The van der Waals surface area contributed by atoms with Crippen LogP contribution in [-0.4, -0.2) is 62.3 Å². The highest BCUT2D eigenvalue weighted by atomic mass is 16.5. The van der Waals surface area contributed by atoms with Crippen LogP contribution in [0.1, 0.15) is 25.7 Å². The van der Waals surface area contributed by atoms with E-state index in [1.165, 1.54) is 65.0 Å². The van der Waals surface area contributed by atoms with Crippen LogP contribution in [0.5, 0.6) is 0 Å². The lowest BCUT2D eigenvalue weighted by atomic mass is 9.94. The molecule has 0 N–H and O–H groups in total. The predicted molar refractivity (Wildman–Crippen MR) is 78.3 cm³/mol. The lowest BCUT2D eigenvalue weighted by molar-refractivity contribution is 0.0988. The average molecular weight is 264 g/mol. The number of ether oxygens (including phenoxy) is 1. The van der Waals surface area contributed by atoms with Crippen LogP contribution in [0.25, 0.3) is 0 Å². The molecule has 2 heterocycles. The van der Waals surface area contributed by atoms with Gasteiger partial charge in [-0.3, -0.25) is 0 Å². The van der Waals surface area contributed by atoms with E-state index in [2.05, 4.69) is 22.0 Å². The molecule has 3 rings (SSSR count). The first-order valence-electron chi connectivity index (χ1n) is 8.07. The van der Waals surface area contributed by atoms with Gasteiger partial charge in [-0.25, -0.2) is 0 Å². The second kappa shape index (κ2) is 6.87. The minimum Gasteiger partial charge on any atom is -0.381 e. The summed E-state index contributed by atoms with van der Waals surface area (Å²) in [5.41, 5.74) is 0. The molecule has 2 saturated heterocycles. The van der Waals surface area contributed by atoms with Crippen molar-refractivity contribution in [1.82, 2.24) is 9.80 Å². The second-order valence-corrected chi connectivity index (χ2v) is 6.48. The van der Waals surface area contributed by atoms with E-state index in [0.717, 1.165) is 25.0 Å². The molecule has 108 valence electrons. The minimum absolute atomic E-state index is 0.801. The van der Waals surface area contributed by atoms with Gasteiger partial charge in [0.05, 0.1) is 6.61 Å². The molecule has 0 amide bonds. The lowest BCUT2D eigenvalue weighted by Crippen LogP contribution is -2.49. The first-order chi connectivity index (χ1) is 9.40. The van der Waals surface area contributed by atoms with Crippen LogP contribution in [0, 0.1) is 11.8 Å². The Balaban J connectivity index is 1.35. The summed E-state index contributed by atoms with van der Waals surface area (Å²) in [6.07, 6.45) is 10.00. The third kappa shape index (κ3) is 4.04. The zero-order valence-corrected chi connectivity index (χ0v) is 12.1. The number of hydrogen-bond donors (Lipinski definition) is 0. The van der Waals surface area contributed by atoms with E-state index >= 15 is 0 Å². The summed E-state index contributed by atoms with van der Waals surface area (Å²) in [6, 6.07) is 0. The van der Waals surface area contributed by atoms with Crippen molar-refractivity contribution < 1.29 is 4.74 Å². The van der Waals surface area contributed by atoms with Gasteiger partial charge in [0.25, 0.3) is 0 Å². The molecular formula is C16H28N2O. The molecular weight excluding hydrogens is 236 g/mol. The fourth-order valence-corrected chi connectivity index (χ4v) is 3.63. The summed E-state index contributed by atoms with van der Waals surface area (Å²) >= 11 is 0. The molecule has 0 aromatic carbocycles. The Bertz CT molecular complexity index is 291. The van der Waals surface area contributed by atoms with Crippen LogP contribution in [0.4, 0.5) is 0 Å². The molecule has 2 fully saturated rings. The van der Waals surface area contributed by atoms with Gasteiger partial charge >= 0.3 is 0 Å². The molecule has 0 bridgehead atoms. The molecule has 0 spiro atoms. The third-order valence-corrected chi connectivity index (χ3v) is 4.90. The minimum atomic E-state index is 0.801. The van der Waals surface area contributed by atoms with Gasteiger partial charge in [0.2, 0.25) is 0 Å². The fraction of sp³-hybridized carbons (Fsp3) is 0.875. The van der Waals surface area contributed by atoms with Gasteiger partial charge in [-0.15, -0.1) is 0 Å². The molecule has 3 heteroatoms. The number of piperazine rings is 1. The zero-order chi connectivity index (χ0) is 12.9. The zero-order valence-electron chi connectivity index (χ0n) is 12.1. The maximum absolute atomic E-state index is 5.48. The Hall–Kier alpha value is -0.380. The van der Waals surface area contributed by atoms with Gasteiger partial charge in [0.15, 0.2) is 0 Å². The highest BCUT2D eigenvalue weighted by Gasteiger charge is 2.23. The van der Waals surface area contributed by atoms with E-state index < -0.39 is 0 Å². The molecule has 0 radical (unpaired) electrons. The van der Waals surface area contributed by atoms with Gasteiger partial charge in [-0.05, 0) is 37.5 Å². The summed E-state index contributed by atoms with van der Waals surface area (Å²) in [7, 11) is 0. The van der Waals surface area contributed by atoms with Crippen LogP contribution in [0.15, 0.2) is 12.2 Å². The Morgan fingerprint density at radius 2 is 1.63 bits per heavy atom. The predicted octanol–water partition coefficient (Wildman–Crippen LogP) is 2.00. The van der Waals surface area contributed by atoms with Crippen molar-refractivity contribution in [3.63, 3.8) is 0 Å². The second-order valence-electron chi connectivity index (χ2n) is 6.48. The van der Waals surface area contributed by atoms with E-state index in [-0.39, 0.29) is 0 Å². The lowest BCUT2D eigenvalue weighted by Gasteiger charge is -2.37. The first-order valence-corrected chi connectivity index (χ1v) is 8.07. The fourth-order valence-electron chi connectivity index (χ4n) is 3.63. The van der Waals surface area contributed by atoms with Crippen molar-refractivity contribution in [2.45, 2.75) is 25.7 Å². The van der Waals surface area contributed by atoms with E-state index in [0.29, 0.717) is 0 Å². The summed E-state index contributed by atoms with van der Waals surface area (Å²) in [5, 5.41) is 0. The smallest absolute Gasteiger partial charge is 0.0507 e. The summed E-state index contributed by atoms with van der Waals surface area (Å²) in [4.78, 5) is 5.34. The monoisotopic (exact) mass is 264 g/mol. The molecule has 3 nitrogen and oxygen atoms in total. The summed E-state index contributed by atoms with van der Waals surface area (Å²) in [6.45, 7) is 9.64. The number of allylic oxidation sites excluding steroid dienone is 2. The summed E-state index contributed by atoms with van der Waals surface area (Å²) < 4.78 is 5.48. The normalized spacial score (nSPS) is 33.9. The van der Waals surface area contributed by atoms with Crippen molar-refractivity contribution in [3.05, 3.63) is 12.2 Å². The summed E-state index contributed by atoms with van der Waals surface area (Å²) in [5.74, 6) is 1.72. The number of rotatable bonds is 4. The van der Waals surface area contributed by atoms with E-state index in [9.17, 15) is 0 Å². The molecule has 0 saturated carbocycles. The quantitative estimate of drug-likeness (QED) is 0.722. The molecule has 0 aromatic heterocycles.